The van der Waals surface area contributed by atoms with Crippen molar-refractivity contribution in [1.29, 1.82) is 0 Å². The number of anilines is 1. The first-order valence-corrected chi connectivity index (χ1v) is 9.44. The zero-order chi connectivity index (χ0) is 18.5. The van der Waals surface area contributed by atoms with E-state index in [0.717, 1.165) is 25.8 Å². The fourth-order valence-corrected chi connectivity index (χ4v) is 4.30. The fraction of sp³-hybridized carbons (Fsp3) is 0.632. The van der Waals surface area contributed by atoms with Crippen LogP contribution >= 0.6 is 0 Å². The van der Waals surface area contributed by atoms with Crippen molar-refractivity contribution < 1.29 is 14.5 Å². The molecule has 2 unspecified atom stereocenters. The summed E-state index contributed by atoms with van der Waals surface area (Å²) in [5, 5.41) is 14.4. The molecule has 1 saturated carbocycles. The van der Waals surface area contributed by atoms with Crippen molar-refractivity contribution in [1.82, 2.24) is 4.90 Å². The first kappa shape index (κ1) is 18.6. The van der Waals surface area contributed by atoms with Crippen LogP contribution in [-0.4, -0.2) is 48.6 Å². The number of benzene rings is 1. The molecule has 0 radical (unpaired) electrons. The lowest BCUT2D eigenvalue weighted by Gasteiger charge is -2.44. The quantitative estimate of drug-likeness (QED) is 0.476. The molecule has 1 heterocycles. The SMILES string of the molecule is COCCNc1ccc(C(=O)N2CCCC3CCCCC32)cc1[N+](=O)[O-]. The average molecular weight is 361 g/mol. The highest BCUT2D eigenvalue weighted by atomic mass is 16.6. The summed E-state index contributed by atoms with van der Waals surface area (Å²) in [7, 11) is 1.58. The summed E-state index contributed by atoms with van der Waals surface area (Å²) < 4.78 is 4.96. The summed E-state index contributed by atoms with van der Waals surface area (Å²) in [4.78, 5) is 26.0. The lowest BCUT2D eigenvalue weighted by atomic mass is 9.78. The molecule has 3 rings (SSSR count). The van der Waals surface area contributed by atoms with Gasteiger partial charge in [-0.1, -0.05) is 12.8 Å². The molecule has 26 heavy (non-hydrogen) atoms. The van der Waals surface area contributed by atoms with Gasteiger partial charge in [0.05, 0.1) is 11.5 Å². The summed E-state index contributed by atoms with van der Waals surface area (Å²) >= 11 is 0. The summed E-state index contributed by atoms with van der Waals surface area (Å²) in [6.45, 7) is 1.68. The number of fused-ring (bicyclic) bond motifs is 1. The van der Waals surface area contributed by atoms with Crippen molar-refractivity contribution in [2.45, 2.75) is 44.6 Å². The van der Waals surface area contributed by atoms with E-state index < -0.39 is 4.92 Å². The second-order valence-electron chi connectivity index (χ2n) is 7.16. The van der Waals surface area contributed by atoms with Gasteiger partial charge in [0.15, 0.2) is 0 Å². The van der Waals surface area contributed by atoms with Crippen LogP contribution in [0.4, 0.5) is 11.4 Å². The van der Waals surface area contributed by atoms with Gasteiger partial charge in [-0.2, -0.15) is 0 Å². The van der Waals surface area contributed by atoms with E-state index in [1.807, 2.05) is 4.90 Å². The first-order chi connectivity index (χ1) is 12.6. The van der Waals surface area contributed by atoms with E-state index >= 15 is 0 Å². The molecule has 1 aliphatic heterocycles. The van der Waals surface area contributed by atoms with Gasteiger partial charge in [0, 0.05) is 37.9 Å². The minimum absolute atomic E-state index is 0.0656. The van der Waals surface area contributed by atoms with E-state index in [2.05, 4.69) is 5.32 Å². The molecule has 1 aliphatic carbocycles. The van der Waals surface area contributed by atoms with Crippen LogP contribution in [0.2, 0.25) is 0 Å². The third kappa shape index (κ3) is 3.98. The van der Waals surface area contributed by atoms with Crippen molar-refractivity contribution in [2.24, 2.45) is 5.92 Å². The van der Waals surface area contributed by atoms with E-state index in [1.165, 1.54) is 25.3 Å². The zero-order valence-electron chi connectivity index (χ0n) is 15.3. The number of methoxy groups -OCH3 is 1. The molecule has 1 saturated heterocycles. The summed E-state index contributed by atoms with van der Waals surface area (Å²) in [5.74, 6) is 0.513. The number of nitro benzene ring substituents is 1. The molecule has 2 fully saturated rings. The van der Waals surface area contributed by atoms with Crippen molar-refractivity contribution in [3.8, 4) is 0 Å². The molecule has 0 aromatic heterocycles. The minimum Gasteiger partial charge on any atom is -0.383 e. The lowest BCUT2D eigenvalue weighted by molar-refractivity contribution is -0.384. The third-order valence-corrected chi connectivity index (χ3v) is 5.57. The fourth-order valence-electron chi connectivity index (χ4n) is 4.30. The highest BCUT2D eigenvalue weighted by Crippen LogP contribution is 2.36. The molecule has 1 amide bonds. The van der Waals surface area contributed by atoms with Gasteiger partial charge < -0.3 is 15.0 Å². The summed E-state index contributed by atoms with van der Waals surface area (Å²) in [6, 6.07) is 5.02. The second-order valence-corrected chi connectivity index (χ2v) is 7.16. The molecule has 7 heteroatoms. The Hall–Kier alpha value is -2.15. The Morgan fingerprint density at radius 2 is 2.08 bits per heavy atom. The second kappa shape index (κ2) is 8.49. The van der Waals surface area contributed by atoms with Crippen LogP contribution in [0.25, 0.3) is 0 Å². The van der Waals surface area contributed by atoms with E-state index in [4.69, 9.17) is 4.74 Å². The van der Waals surface area contributed by atoms with Gasteiger partial charge in [-0.3, -0.25) is 14.9 Å². The first-order valence-electron chi connectivity index (χ1n) is 9.44. The molecule has 1 aromatic carbocycles. The zero-order valence-corrected chi connectivity index (χ0v) is 15.3. The number of amides is 1. The monoisotopic (exact) mass is 361 g/mol. The highest BCUT2D eigenvalue weighted by Gasteiger charge is 2.36. The summed E-state index contributed by atoms with van der Waals surface area (Å²) in [6.07, 6.45) is 6.86. The van der Waals surface area contributed by atoms with Crippen LogP contribution in [0, 0.1) is 16.0 Å². The van der Waals surface area contributed by atoms with Gasteiger partial charge in [0.25, 0.3) is 11.6 Å². The minimum atomic E-state index is -0.439. The van der Waals surface area contributed by atoms with Gasteiger partial charge in [-0.05, 0) is 43.7 Å². The van der Waals surface area contributed by atoms with E-state index in [9.17, 15) is 14.9 Å². The summed E-state index contributed by atoms with van der Waals surface area (Å²) in [5.41, 5.74) is 0.752. The van der Waals surface area contributed by atoms with Crippen LogP contribution in [-0.2, 0) is 4.74 Å². The Morgan fingerprint density at radius 3 is 2.85 bits per heavy atom. The van der Waals surface area contributed by atoms with E-state index in [1.54, 1.807) is 19.2 Å². The largest absolute Gasteiger partial charge is 0.383 e. The molecular weight excluding hydrogens is 334 g/mol. The molecule has 0 bridgehead atoms. The van der Waals surface area contributed by atoms with Crippen LogP contribution < -0.4 is 5.32 Å². The van der Waals surface area contributed by atoms with Gasteiger partial charge in [-0.15, -0.1) is 0 Å². The average Bonchev–Trinajstić information content (AvgIpc) is 2.67. The Kier molecular flexibility index (Phi) is 6.08. The number of carbonyl (C=O) groups is 1. The van der Waals surface area contributed by atoms with Gasteiger partial charge in [-0.25, -0.2) is 0 Å². The Labute approximate surface area is 153 Å². The maximum atomic E-state index is 13.1. The number of piperidine rings is 1. The van der Waals surface area contributed by atoms with Gasteiger partial charge in [0.1, 0.15) is 5.69 Å². The van der Waals surface area contributed by atoms with Crippen molar-refractivity contribution >= 4 is 17.3 Å². The van der Waals surface area contributed by atoms with Crippen molar-refractivity contribution in [2.75, 3.05) is 32.1 Å². The Balaban J connectivity index is 1.80. The molecule has 1 N–H and O–H groups in total. The van der Waals surface area contributed by atoms with Crippen molar-refractivity contribution in [3.05, 3.63) is 33.9 Å². The molecule has 2 atom stereocenters. The third-order valence-electron chi connectivity index (χ3n) is 5.57. The molecule has 7 nitrogen and oxygen atoms in total. The molecule has 2 aliphatic rings. The number of hydrogen-bond donors (Lipinski definition) is 1. The number of nitrogens with zero attached hydrogens (tertiary/aromatic N) is 2. The topological polar surface area (TPSA) is 84.7 Å². The van der Waals surface area contributed by atoms with Gasteiger partial charge >= 0.3 is 0 Å². The van der Waals surface area contributed by atoms with Crippen LogP contribution in [0.3, 0.4) is 0 Å². The number of ether oxygens (including phenoxy) is 1. The smallest absolute Gasteiger partial charge is 0.293 e. The molecule has 142 valence electrons. The highest BCUT2D eigenvalue weighted by molar-refractivity contribution is 5.96. The standard InChI is InChI=1S/C19H27N3O4/c1-26-12-10-20-16-9-8-15(13-18(16)22(24)25)19(23)21-11-4-6-14-5-2-3-7-17(14)21/h8-9,13-14,17,20H,2-7,10-12H2,1H3. The number of carbonyl (C=O) groups excluding carboxylic acids is 1. The molecule has 1 aromatic rings. The van der Waals surface area contributed by atoms with E-state index in [-0.39, 0.29) is 11.6 Å². The normalized spacial score (nSPS) is 22.6. The predicted octanol–water partition coefficient (Wildman–Crippen LogP) is 3.45. The Bertz CT molecular complexity index is 662. The number of nitrogens with one attached hydrogen (secondary N) is 1. The molecule has 0 spiro atoms. The maximum Gasteiger partial charge on any atom is 0.293 e. The van der Waals surface area contributed by atoms with E-state index in [0.29, 0.717) is 36.4 Å². The number of likely N-dealkylation sites (tertiary alicyclic amines) is 1. The predicted molar refractivity (Wildman–Crippen MR) is 99.5 cm³/mol. The number of hydrogen-bond acceptors (Lipinski definition) is 5. The molecular formula is C19H27N3O4. The van der Waals surface area contributed by atoms with Crippen LogP contribution in [0.15, 0.2) is 18.2 Å². The lowest BCUT2D eigenvalue weighted by Crippen LogP contribution is -2.49. The number of nitro groups is 1. The van der Waals surface area contributed by atoms with Crippen LogP contribution in [0.1, 0.15) is 48.9 Å². The Morgan fingerprint density at radius 1 is 1.31 bits per heavy atom. The number of rotatable bonds is 6. The van der Waals surface area contributed by atoms with Crippen molar-refractivity contribution in [3.63, 3.8) is 0 Å². The van der Waals surface area contributed by atoms with Gasteiger partial charge in [0.2, 0.25) is 0 Å². The maximum absolute atomic E-state index is 13.1. The van der Waals surface area contributed by atoms with Crippen LogP contribution in [0.5, 0.6) is 0 Å².